The van der Waals surface area contributed by atoms with E-state index >= 15 is 0 Å². The summed E-state index contributed by atoms with van der Waals surface area (Å²) in [5.74, 6) is 6.56. The number of hydrogen-bond donors (Lipinski definition) is 1. The summed E-state index contributed by atoms with van der Waals surface area (Å²) < 4.78 is 1.74. The lowest BCUT2D eigenvalue weighted by atomic mass is 10.6. The predicted molar refractivity (Wildman–Crippen MR) is 50.9 cm³/mol. The maximum absolute atomic E-state index is 4.23. The molecule has 1 aromatic rings. The van der Waals surface area contributed by atoms with E-state index in [0.717, 1.165) is 18.9 Å². The van der Waals surface area contributed by atoms with E-state index in [4.69, 9.17) is 0 Å². The molecular weight excluding hydrogens is 164 g/mol. The van der Waals surface area contributed by atoms with Crippen LogP contribution in [0.15, 0.2) is 6.33 Å². The molecule has 0 spiro atoms. The lowest BCUT2D eigenvalue weighted by molar-refractivity contribution is 0.655. The molecule has 0 aromatic carbocycles. The summed E-state index contributed by atoms with van der Waals surface area (Å²) in [7, 11) is 0. The Morgan fingerprint density at radius 2 is 2.46 bits per heavy atom. The molecular formula is C9H14N4. The Bertz CT molecular complexity index is 305. The molecule has 1 aromatic heterocycles. The average Bonchev–Trinajstić information content (AvgIpc) is 2.59. The quantitative estimate of drug-likeness (QED) is 0.679. The Labute approximate surface area is 78.4 Å². The van der Waals surface area contributed by atoms with E-state index < -0.39 is 0 Å². The fourth-order valence-electron chi connectivity index (χ4n) is 0.887. The van der Waals surface area contributed by atoms with Gasteiger partial charge in [0.15, 0.2) is 5.82 Å². The van der Waals surface area contributed by atoms with Crippen LogP contribution in [0.2, 0.25) is 0 Å². The van der Waals surface area contributed by atoms with Crippen molar-refractivity contribution in [3.63, 3.8) is 0 Å². The first-order valence-electron chi connectivity index (χ1n) is 4.35. The van der Waals surface area contributed by atoms with E-state index in [0.29, 0.717) is 6.54 Å². The molecule has 0 aliphatic carbocycles. The average molecular weight is 178 g/mol. The minimum atomic E-state index is 0.621. The van der Waals surface area contributed by atoms with Crippen LogP contribution in [0, 0.1) is 11.8 Å². The molecule has 0 fully saturated rings. The van der Waals surface area contributed by atoms with Gasteiger partial charge < -0.3 is 5.32 Å². The van der Waals surface area contributed by atoms with Crippen molar-refractivity contribution in [2.75, 3.05) is 6.54 Å². The third-order valence-electron chi connectivity index (χ3n) is 1.53. The first-order valence-corrected chi connectivity index (χ1v) is 4.35. The van der Waals surface area contributed by atoms with Crippen molar-refractivity contribution in [2.45, 2.75) is 26.9 Å². The number of nitrogens with zero attached hydrogens (tertiary/aromatic N) is 3. The lowest BCUT2D eigenvalue weighted by Crippen LogP contribution is -2.13. The molecule has 0 saturated carbocycles. The fraction of sp³-hybridized carbons (Fsp3) is 0.556. The van der Waals surface area contributed by atoms with Gasteiger partial charge in [0.1, 0.15) is 12.9 Å². The van der Waals surface area contributed by atoms with Gasteiger partial charge in [-0.15, -0.1) is 5.92 Å². The maximum Gasteiger partial charge on any atom is 0.164 e. The molecule has 70 valence electrons. The summed E-state index contributed by atoms with van der Waals surface area (Å²) in [5.41, 5.74) is 0. The summed E-state index contributed by atoms with van der Waals surface area (Å²) in [6.07, 6.45) is 1.71. The minimum absolute atomic E-state index is 0.621. The van der Waals surface area contributed by atoms with E-state index in [9.17, 15) is 0 Å². The van der Waals surface area contributed by atoms with Gasteiger partial charge in [0.25, 0.3) is 0 Å². The molecule has 0 saturated heterocycles. The molecule has 1 rings (SSSR count). The normalized spacial score (nSPS) is 9.38. The van der Waals surface area contributed by atoms with Crippen LogP contribution in [0.1, 0.15) is 19.7 Å². The molecule has 0 atom stereocenters. The largest absolute Gasteiger partial charge is 0.310 e. The monoisotopic (exact) mass is 178 g/mol. The van der Waals surface area contributed by atoms with Gasteiger partial charge >= 0.3 is 0 Å². The molecule has 1 heterocycles. The van der Waals surface area contributed by atoms with Gasteiger partial charge in [-0.25, -0.2) is 9.67 Å². The van der Waals surface area contributed by atoms with Crippen LogP contribution in [-0.2, 0) is 13.1 Å². The highest BCUT2D eigenvalue weighted by molar-refractivity contribution is 4.95. The van der Waals surface area contributed by atoms with Crippen LogP contribution < -0.4 is 5.32 Å². The van der Waals surface area contributed by atoms with Crippen molar-refractivity contribution >= 4 is 0 Å². The topological polar surface area (TPSA) is 42.7 Å². The number of nitrogens with one attached hydrogen (secondary N) is 1. The zero-order valence-corrected chi connectivity index (χ0v) is 8.04. The Hall–Kier alpha value is -1.34. The standard InChI is InChI=1S/C9H14N4/c1-3-5-6-13-8-11-9(12-13)7-10-4-2/h8,10H,4,6-7H2,1-2H3. The first kappa shape index (κ1) is 9.75. The highest BCUT2D eigenvalue weighted by Crippen LogP contribution is 1.88. The predicted octanol–water partition coefficient (Wildman–Crippen LogP) is 0.411. The van der Waals surface area contributed by atoms with Gasteiger partial charge in [-0.3, -0.25) is 0 Å². The van der Waals surface area contributed by atoms with Gasteiger partial charge in [-0.2, -0.15) is 5.10 Å². The first-order chi connectivity index (χ1) is 6.36. The van der Waals surface area contributed by atoms with Crippen LogP contribution in [0.4, 0.5) is 0 Å². The zero-order valence-electron chi connectivity index (χ0n) is 8.04. The number of aromatic nitrogens is 3. The summed E-state index contributed by atoms with van der Waals surface area (Å²) in [5, 5.41) is 7.39. The van der Waals surface area contributed by atoms with Crippen molar-refractivity contribution < 1.29 is 0 Å². The molecule has 1 N–H and O–H groups in total. The van der Waals surface area contributed by atoms with Crippen molar-refractivity contribution in [3.8, 4) is 11.8 Å². The van der Waals surface area contributed by atoms with Gasteiger partial charge in [0, 0.05) is 0 Å². The second-order valence-corrected chi connectivity index (χ2v) is 2.57. The van der Waals surface area contributed by atoms with Crippen molar-refractivity contribution in [1.29, 1.82) is 0 Å². The van der Waals surface area contributed by atoms with Crippen molar-refractivity contribution in [2.24, 2.45) is 0 Å². The van der Waals surface area contributed by atoms with Crippen LogP contribution in [0.25, 0.3) is 0 Å². The van der Waals surface area contributed by atoms with Crippen molar-refractivity contribution in [3.05, 3.63) is 12.2 Å². The maximum atomic E-state index is 4.23. The molecule has 0 amide bonds. The van der Waals surface area contributed by atoms with Crippen LogP contribution in [-0.4, -0.2) is 21.3 Å². The van der Waals surface area contributed by atoms with Crippen LogP contribution in [0.5, 0.6) is 0 Å². The smallest absolute Gasteiger partial charge is 0.164 e. The van der Waals surface area contributed by atoms with Gasteiger partial charge in [0.05, 0.1) is 6.54 Å². The molecule has 0 aliphatic rings. The van der Waals surface area contributed by atoms with E-state index in [1.165, 1.54) is 0 Å². The lowest BCUT2D eigenvalue weighted by Gasteiger charge is -1.94. The highest BCUT2D eigenvalue weighted by Gasteiger charge is 1.97. The summed E-state index contributed by atoms with van der Waals surface area (Å²) in [6, 6.07) is 0. The molecule has 0 radical (unpaired) electrons. The molecule has 4 nitrogen and oxygen atoms in total. The Morgan fingerprint density at radius 3 is 3.15 bits per heavy atom. The Balaban J connectivity index is 2.46. The van der Waals surface area contributed by atoms with Crippen LogP contribution in [0.3, 0.4) is 0 Å². The highest BCUT2D eigenvalue weighted by atomic mass is 15.3. The van der Waals surface area contributed by atoms with E-state index in [1.807, 2.05) is 6.92 Å². The summed E-state index contributed by atoms with van der Waals surface area (Å²) in [6.45, 7) is 6.15. The van der Waals surface area contributed by atoms with Crippen LogP contribution >= 0.6 is 0 Å². The SMILES string of the molecule is CC#CCn1cnc(CNCC)n1. The Morgan fingerprint density at radius 1 is 1.62 bits per heavy atom. The molecule has 4 heteroatoms. The Kier molecular flexibility index (Phi) is 4.00. The molecule has 13 heavy (non-hydrogen) atoms. The summed E-state index contributed by atoms with van der Waals surface area (Å²) in [4.78, 5) is 4.13. The number of rotatable bonds is 4. The van der Waals surface area contributed by atoms with Gasteiger partial charge in [-0.1, -0.05) is 12.8 Å². The molecule has 0 bridgehead atoms. The second kappa shape index (κ2) is 5.33. The van der Waals surface area contributed by atoms with E-state index in [2.05, 4.69) is 34.2 Å². The van der Waals surface area contributed by atoms with Gasteiger partial charge in [0.2, 0.25) is 0 Å². The van der Waals surface area contributed by atoms with E-state index in [1.54, 1.807) is 11.0 Å². The second-order valence-electron chi connectivity index (χ2n) is 2.57. The minimum Gasteiger partial charge on any atom is -0.310 e. The van der Waals surface area contributed by atoms with E-state index in [-0.39, 0.29) is 0 Å². The summed E-state index contributed by atoms with van der Waals surface area (Å²) >= 11 is 0. The van der Waals surface area contributed by atoms with Crippen molar-refractivity contribution in [1.82, 2.24) is 20.1 Å². The molecule has 0 unspecified atom stereocenters. The fourth-order valence-corrected chi connectivity index (χ4v) is 0.887. The third kappa shape index (κ3) is 3.26. The zero-order chi connectivity index (χ0) is 9.52. The molecule has 0 aliphatic heterocycles. The number of hydrogen-bond acceptors (Lipinski definition) is 3. The third-order valence-corrected chi connectivity index (χ3v) is 1.53. The van der Waals surface area contributed by atoms with Gasteiger partial charge in [-0.05, 0) is 13.5 Å².